The molecule has 0 bridgehead atoms. The second kappa shape index (κ2) is 10.5. The first-order valence-electron chi connectivity index (χ1n) is 2.28. The van der Waals surface area contributed by atoms with E-state index in [1.165, 1.54) is 7.11 Å². The molecule has 0 N–H and O–H groups in total. The lowest BCUT2D eigenvalue weighted by Crippen LogP contribution is -1.91. The van der Waals surface area contributed by atoms with Crippen LogP contribution in [0, 0.1) is 6.92 Å². The normalized spacial score (nSPS) is 6.56. The molecule has 3 heteroatoms. The number of ether oxygens (including phenoxy) is 1. The van der Waals surface area contributed by atoms with Crippen LogP contribution in [0.2, 0.25) is 0 Å². The number of esters is 1. The fourth-order valence-corrected chi connectivity index (χ4v) is 0.0833. The molecular formula is C6H10ClO2. The van der Waals surface area contributed by atoms with E-state index in [9.17, 15) is 4.79 Å². The van der Waals surface area contributed by atoms with Crippen LogP contribution in [0.1, 0.15) is 0 Å². The van der Waals surface area contributed by atoms with E-state index in [1.54, 1.807) is 0 Å². The van der Waals surface area contributed by atoms with E-state index in [2.05, 4.69) is 18.2 Å². The number of hydrogen-bond donors (Lipinski definition) is 0. The molecule has 0 aliphatic carbocycles. The van der Waals surface area contributed by atoms with E-state index in [4.69, 9.17) is 11.6 Å². The van der Waals surface area contributed by atoms with Gasteiger partial charge in [0.15, 0.2) is 0 Å². The fraction of sp³-hybridized carbons (Fsp3) is 0.333. The second-order valence-electron chi connectivity index (χ2n) is 0.916. The van der Waals surface area contributed by atoms with E-state index in [0.717, 1.165) is 6.08 Å². The van der Waals surface area contributed by atoms with Gasteiger partial charge < -0.3 is 4.74 Å². The molecule has 0 fully saturated rings. The van der Waals surface area contributed by atoms with Crippen molar-refractivity contribution in [2.24, 2.45) is 0 Å². The molecule has 0 amide bonds. The van der Waals surface area contributed by atoms with Gasteiger partial charge in [-0.05, 0) is 6.92 Å². The number of rotatable bonds is 1. The summed E-state index contributed by atoms with van der Waals surface area (Å²) in [5.74, 6) is 0.0787. The molecule has 0 atom stereocenters. The van der Waals surface area contributed by atoms with E-state index in [-0.39, 0.29) is 0 Å². The number of carbonyl (C=O) groups is 1. The average Bonchev–Trinajstić information content (AvgIpc) is 1.88. The summed E-state index contributed by atoms with van der Waals surface area (Å²) < 4.78 is 4.14. The highest BCUT2D eigenvalue weighted by Crippen LogP contribution is 1.67. The maximum absolute atomic E-state index is 9.84. The number of alkyl halides is 1. The predicted octanol–water partition coefficient (Wildman–Crippen LogP) is 1.40. The highest BCUT2D eigenvalue weighted by atomic mass is 35.5. The first-order valence-corrected chi connectivity index (χ1v) is 2.82. The summed E-state index contributed by atoms with van der Waals surface area (Å²) in [6, 6.07) is 0. The lowest BCUT2D eigenvalue weighted by atomic mass is 10.7. The van der Waals surface area contributed by atoms with Crippen LogP contribution in [0.15, 0.2) is 12.7 Å². The van der Waals surface area contributed by atoms with E-state index in [1.807, 2.05) is 0 Å². The Labute approximate surface area is 60.5 Å². The van der Waals surface area contributed by atoms with Crippen molar-refractivity contribution in [2.75, 3.05) is 13.0 Å². The average molecular weight is 150 g/mol. The van der Waals surface area contributed by atoms with Crippen molar-refractivity contribution in [3.05, 3.63) is 19.6 Å². The zero-order chi connectivity index (χ0) is 7.70. The maximum Gasteiger partial charge on any atom is 0.329 e. The van der Waals surface area contributed by atoms with Crippen LogP contribution in [0.3, 0.4) is 0 Å². The molecule has 0 unspecified atom stereocenters. The molecule has 1 radical (unpaired) electrons. The highest BCUT2D eigenvalue weighted by Gasteiger charge is 1.81. The molecule has 0 aromatic heterocycles. The smallest absolute Gasteiger partial charge is 0.329 e. The Hall–Kier alpha value is -0.500. The summed E-state index contributed by atoms with van der Waals surface area (Å²) in [7, 11) is 1.31. The van der Waals surface area contributed by atoms with Gasteiger partial charge >= 0.3 is 5.97 Å². The lowest BCUT2D eigenvalue weighted by molar-refractivity contribution is -0.134. The Kier molecular flexibility index (Phi) is 13.2. The summed E-state index contributed by atoms with van der Waals surface area (Å²) in [5, 5.41) is 0. The Morgan fingerprint density at radius 2 is 2.22 bits per heavy atom. The van der Waals surface area contributed by atoms with Gasteiger partial charge in [-0.1, -0.05) is 6.58 Å². The third-order valence-corrected chi connectivity index (χ3v) is 0.368. The fourth-order valence-electron chi connectivity index (χ4n) is 0.0833. The van der Waals surface area contributed by atoms with Gasteiger partial charge in [0.25, 0.3) is 0 Å². The van der Waals surface area contributed by atoms with Crippen LogP contribution in [-0.2, 0) is 9.53 Å². The standard InChI is InChI=1S/C4H6O2.C2H4Cl/c1-3-4(5)6-2;1-2-3/h3H,1H2,2H3;1-2H2. The molecular weight excluding hydrogens is 140 g/mol. The molecule has 53 valence electrons. The van der Waals surface area contributed by atoms with Gasteiger partial charge in [0.2, 0.25) is 0 Å². The van der Waals surface area contributed by atoms with E-state index < -0.39 is 5.97 Å². The van der Waals surface area contributed by atoms with Gasteiger partial charge in [-0.3, -0.25) is 0 Å². The first kappa shape index (κ1) is 11.3. The molecule has 2 nitrogen and oxygen atoms in total. The number of methoxy groups -OCH3 is 1. The Bertz CT molecular complexity index is 81.1. The van der Waals surface area contributed by atoms with Crippen molar-refractivity contribution in [2.45, 2.75) is 0 Å². The van der Waals surface area contributed by atoms with Crippen molar-refractivity contribution in [1.29, 1.82) is 0 Å². The summed E-state index contributed by atoms with van der Waals surface area (Å²) in [5.41, 5.74) is 0. The van der Waals surface area contributed by atoms with Crippen molar-refractivity contribution in [3.8, 4) is 0 Å². The first-order chi connectivity index (χ1) is 4.22. The van der Waals surface area contributed by atoms with Gasteiger partial charge in [0.05, 0.1) is 7.11 Å². The van der Waals surface area contributed by atoms with E-state index in [0.29, 0.717) is 5.88 Å². The van der Waals surface area contributed by atoms with E-state index >= 15 is 0 Å². The summed E-state index contributed by atoms with van der Waals surface area (Å²) in [6.45, 7) is 6.41. The summed E-state index contributed by atoms with van der Waals surface area (Å²) >= 11 is 4.89. The van der Waals surface area contributed by atoms with Crippen molar-refractivity contribution in [3.63, 3.8) is 0 Å². The molecule has 0 saturated carbocycles. The number of halogens is 1. The second-order valence-corrected chi connectivity index (χ2v) is 1.29. The lowest BCUT2D eigenvalue weighted by Gasteiger charge is -1.83. The molecule has 9 heavy (non-hydrogen) atoms. The minimum atomic E-state index is -0.394. The van der Waals surface area contributed by atoms with Crippen LogP contribution in [0.5, 0.6) is 0 Å². The molecule has 0 spiro atoms. The topological polar surface area (TPSA) is 26.3 Å². The minimum absolute atomic E-state index is 0.394. The predicted molar refractivity (Wildman–Crippen MR) is 38.3 cm³/mol. The SMILES string of the molecule is C=CC(=O)OC.[CH2]CCl. The van der Waals surface area contributed by atoms with Gasteiger partial charge in [0.1, 0.15) is 0 Å². The molecule has 0 rings (SSSR count). The number of hydrogen-bond acceptors (Lipinski definition) is 2. The highest BCUT2D eigenvalue weighted by molar-refractivity contribution is 6.18. The van der Waals surface area contributed by atoms with Gasteiger partial charge in [0, 0.05) is 12.0 Å². The molecule has 0 aromatic rings. The quantitative estimate of drug-likeness (QED) is 0.320. The Morgan fingerprint density at radius 3 is 2.22 bits per heavy atom. The third-order valence-electron chi connectivity index (χ3n) is 0.368. The largest absolute Gasteiger partial charge is 0.466 e. The minimum Gasteiger partial charge on any atom is -0.466 e. The molecule has 0 heterocycles. The molecule has 0 saturated heterocycles. The summed E-state index contributed by atoms with van der Waals surface area (Å²) in [6.07, 6.45) is 1.11. The Balaban J connectivity index is 0. The van der Waals surface area contributed by atoms with Crippen molar-refractivity contribution >= 4 is 17.6 Å². The molecule has 0 aliphatic heterocycles. The summed E-state index contributed by atoms with van der Waals surface area (Å²) in [4.78, 5) is 9.84. The zero-order valence-electron chi connectivity index (χ0n) is 5.39. The van der Waals surface area contributed by atoms with Crippen LogP contribution in [0.4, 0.5) is 0 Å². The third kappa shape index (κ3) is 18.5. The maximum atomic E-state index is 9.84. The van der Waals surface area contributed by atoms with Crippen molar-refractivity contribution in [1.82, 2.24) is 0 Å². The van der Waals surface area contributed by atoms with Crippen molar-refractivity contribution < 1.29 is 9.53 Å². The Morgan fingerprint density at radius 1 is 1.89 bits per heavy atom. The van der Waals surface area contributed by atoms with Crippen LogP contribution < -0.4 is 0 Å². The van der Waals surface area contributed by atoms with Gasteiger partial charge in [-0.25, -0.2) is 4.79 Å². The molecule has 0 aliphatic rings. The van der Waals surface area contributed by atoms with Crippen LogP contribution >= 0.6 is 11.6 Å². The van der Waals surface area contributed by atoms with Crippen LogP contribution in [0.25, 0.3) is 0 Å². The van der Waals surface area contributed by atoms with Gasteiger partial charge in [-0.2, -0.15) is 0 Å². The number of carbonyl (C=O) groups excluding carboxylic acids is 1. The van der Waals surface area contributed by atoms with Crippen LogP contribution in [-0.4, -0.2) is 19.0 Å². The molecule has 0 aromatic carbocycles. The van der Waals surface area contributed by atoms with Gasteiger partial charge in [-0.15, -0.1) is 11.6 Å². The monoisotopic (exact) mass is 149 g/mol. The zero-order valence-corrected chi connectivity index (χ0v) is 6.15.